The van der Waals surface area contributed by atoms with E-state index in [1.165, 1.54) is 0 Å². The molecule has 0 heterocycles. The van der Waals surface area contributed by atoms with Gasteiger partial charge in [0.25, 0.3) is 0 Å². The molecular weight excluding hydrogens is 137 g/mol. The Labute approximate surface area is 67.9 Å². The van der Waals surface area contributed by atoms with Crippen LogP contribution in [-0.2, 0) is 4.74 Å². The van der Waals surface area contributed by atoms with Gasteiger partial charge in [-0.15, -0.1) is 0 Å². The molecule has 0 atom stereocenters. The minimum atomic E-state index is 0.580. The molecule has 1 aliphatic carbocycles. The van der Waals surface area contributed by atoms with Crippen LogP contribution >= 0.6 is 0 Å². The normalized spacial score (nSPS) is 18.4. The summed E-state index contributed by atoms with van der Waals surface area (Å²) >= 11 is 0. The Hall–Kier alpha value is -0.985. The molecular formula is C8H10BNO. The second-order valence-corrected chi connectivity index (χ2v) is 2.50. The largest absolute Gasteiger partial charge is 0.497 e. The number of hydrogen-bond donors (Lipinski definition) is 1. The first kappa shape index (κ1) is 8.11. The van der Waals surface area contributed by atoms with E-state index < -0.39 is 0 Å². The molecule has 0 bridgehead atoms. The minimum absolute atomic E-state index is 0.580. The summed E-state index contributed by atoms with van der Waals surface area (Å²) in [4.78, 5) is 0. The summed E-state index contributed by atoms with van der Waals surface area (Å²) in [5.41, 5.74) is 2.06. The van der Waals surface area contributed by atoms with Gasteiger partial charge in [0, 0.05) is 17.7 Å². The van der Waals surface area contributed by atoms with Crippen LogP contribution in [0.15, 0.2) is 22.9 Å². The molecule has 1 aliphatic rings. The Kier molecular flexibility index (Phi) is 2.18. The zero-order chi connectivity index (χ0) is 8.43. The van der Waals surface area contributed by atoms with Crippen LogP contribution in [0.25, 0.3) is 0 Å². The Morgan fingerprint density at radius 2 is 2.27 bits per heavy atom. The van der Waals surface area contributed by atoms with Crippen molar-refractivity contribution < 1.29 is 4.74 Å². The first-order valence-electron chi connectivity index (χ1n) is 3.45. The van der Waals surface area contributed by atoms with Crippen LogP contribution in [0, 0.1) is 5.41 Å². The molecule has 0 unspecified atom stereocenters. The summed E-state index contributed by atoms with van der Waals surface area (Å²) in [5.74, 6) is 0.640. The maximum absolute atomic E-state index is 7.48. The molecule has 0 aromatic heterocycles. The molecule has 11 heavy (non-hydrogen) atoms. The van der Waals surface area contributed by atoms with E-state index in [9.17, 15) is 0 Å². The van der Waals surface area contributed by atoms with Gasteiger partial charge in [0.05, 0.1) is 7.11 Å². The minimum Gasteiger partial charge on any atom is -0.497 e. The molecule has 0 spiro atoms. The van der Waals surface area contributed by atoms with Crippen molar-refractivity contribution in [1.29, 1.82) is 5.41 Å². The summed E-state index contributed by atoms with van der Waals surface area (Å²) in [6.45, 7) is 1.85. The third-order valence-corrected chi connectivity index (χ3v) is 1.79. The number of methoxy groups -OCH3 is 1. The van der Waals surface area contributed by atoms with E-state index in [2.05, 4.69) is 0 Å². The van der Waals surface area contributed by atoms with Crippen LogP contribution < -0.4 is 0 Å². The lowest BCUT2D eigenvalue weighted by atomic mass is 9.85. The standard InChI is InChI=1S/C8H10BNO/c1-5-7(10)4-3-6(9)8(5)11-2/h3,10H,4H2,1-2H3. The van der Waals surface area contributed by atoms with Gasteiger partial charge in [-0.1, -0.05) is 11.5 Å². The fourth-order valence-electron chi connectivity index (χ4n) is 1.08. The van der Waals surface area contributed by atoms with Crippen molar-refractivity contribution in [3.63, 3.8) is 0 Å². The highest BCUT2D eigenvalue weighted by Crippen LogP contribution is 2.20. The van der Waals surface area contributed by atoms with Crippen molar-refractivity contribution in [1.82, 2.24) is 0 Å². The van der Waals surface area contributed by atoms with Crippen molar-refractivity contribution >= 4 is 13.6 Å². The van der Waals surface area contributed by atoms with Crippen molar-refractivity contribution in [2.75, 3.05) is 7.11 Å². The Morgan fingerprint density at radius 1 is 1.64 bits per heavy atom. The summed E-state index contributed by atoms with van der Waals surface area (Å²) in [6, 6.07) is 0. The van der Waals surface area contributed by atoms with Crippen LogP contribution in [0.3, 0.4) is 0 Å². The summed E-state index contributed by atoms with van der Waals surface area (Å²) in [7, 11) is 7.19. The number of rotatable bonds is 1. The van der Waals surface area contributed by atoms with Gasteiger partial charge >= 0.3 is 0 Å². The van der Waals surface area contributed by atoms with Gasteiger partial charge in [-0.05, 0) is 6.92 Å². The predicted molar refractivity (Wildman–Crippen MR) is 45.9 cm³/mol. The fourth-order valence-corrected chi connectivity index (χ4v) is 1.08. The number of nitrogens with one attached hydrogen (secondary N) is 1. The molecule has 0 saturated carbocycles. The van der Waals surface area contributed by atoms with Crippen molar-refractivity contribution in [2.24, 2.45) is 0 Å². The predicted octanol–water partition coefficient (Wildman–Crippen LogP) is 1.38. The lowest BCUT2D eigenvalue weighted by molar-refractivity contribution is 0.301. The highest BCUT2D eigenvalue weighted by molar-refractivity contribution is 6.25. The first-order valence-corrected chi connectivity index (χ1v) is 3.45. The van der Waals surface area contributed by atoms with Gasteiger partial charge in [-0.2, -0.15) is 0 Å². The first-order chi connectivity index (χ1) is 5.16. The zero-order valence-corrected chi connectivity index (χ0v) is 6.77. The van der Waals surface area contributed by atoms with Crippen LogP contribution in [0.1, 0.15) is 13.3 Å². The quantitative estimate of drug-likeness (QED) is 0.558. The topological polar surface area (TPSA) is 33.1 Å². The molecule has 1 N–H and O–H groups in total. The summed E-state index contributed by atoms with van der Waals surface area (Å²) in [5, 5.41) is 7.48. The van der Waals surface area contributed by atoms with Crippen LogP contribution in [0.5, 0.6) is 0 Å². The zero-order valence-electron chi connectivity index (χ0n) is 6.77. The average Bonchev–Trinajstić information content (AvgIpc) is 1.99. The van der Waals surface area contributed by atoms with Gasteiger partial charge in [0.2, 0.25) is 0 Å². The van der Waals surface area contributed by atoms with Crippen LogP contribution in [-0.4, -0.2) is 20.7 Å². The molecule has 1 rings (SSSR count). The SMILES string of the molecule is [B]C1=CCC(=N)C(C)=C1OC. The van der Waals surface area contributed by atoms with E-state index in [-0.39, 0.29) is 0 Å². The van der Waals surface area contributed by atoms with Gasteiger partial charge in [-0.25, -0.2) is 0 Å². The van der Waals surface area contributed by atoms with E-state index >= 15 is 0 Å². The van der Waals surface area contributed by atoms with E-state index in [0.29, 0.717) is 23.4 Å². The van der Waals surface area contributed by atoms with Crippen molar-refractivity contribution in [2.45, 2.75) is 13.3 Å². The highest BCUT2D eigenvalue weighted by Gasteiger charge is 2.13. The Bertz CT molecular complexity index is 253. The lowest BCUT2D eigenvalue weighted by Crippen LogP contribution is -2.09. The number of allylic oxidation sites excluding steroid dienone is 3. The molecule has 2 radical (unpaired) electrons. The molecule has 0 amide bonds. The molecule has 0 aliphatic heterocycles. The van der Waals surface area contributed by atoms with E-state index in [1.54, 1.807) is 13.2 Å². The third kappa shape index (κ3) is 1.37. The van der Waals surface area contributed by atoms with Gasteiger partial charge in [-0.3, -0.25) is 0 Å². The second-order valence-electron chi connectivity index (χ2n) is 2.50. The molecule has 0 saturated heterocycles. The summed E-state index contributed by atoms with van der Waals surface area (Å²) in [6.07, 6.45) is 2.42. The average molecular weight is 147 g/mol. The Morgan fingerprint density at radius 3 is 2.73 bits per heavy atom. The molecule has 0 aromatic rings. The van der Waals surface area contributed by atoms with Gasteiger partial charge < -0.3 is 10.1 Å². The van der Waals surface area contributed by atoms with Crippen LogP contribution in [0.2, 0.25) is 0 Å². The maximum Gasteiger partial charge on any atom is 0.118 e. The van der Waals surface area contributed by atoms with Crippen LogP contribution in [0.4, 0.5) is 0 Å². The van der Waals surface area contributed by atoms with E-state index in [1.807, 2.05) is 6.92 Å². The lowest BCUT2D eigenvalue weighted by Gasteiger charge is -2.16. The second kappa shape index (κ2) is 2.95. The molecule has 2 nitrogen and oxygen atoms in total. The summed E-state index contributed by atoms with van der Waals surface area (Å²) < 4.78 is 5.03. The molecule has 3 heteroatoms. The van der Waals surface area contributed by atoms with Gasteiger partial charge in [0.1, 0.15) is 13.6 Å². The monoisotopic (exact) mass is 147 g/mol. The van der Waals surface area contributed by atoms with E-state index in [0.717, 1.165) is 5.57 Å². The maximum atomic E-state index is 7.48. The third-order valence-electron chi connectivity index (χ3n) is 1.79. The fraction of sp³-hybridized carbons (Fsp3) is 0.375. The van der Waals surface area contributed by atoms with E-state index in [4.69, 9.17) is 18.0 Å². The van der Waals surface area contributed by atoms with Gasteiger partial charge in [0.15, 0.2) is 0 Å². The van der Waals surface area contributed by atoms with Crippen molar-refractivity contribution in [3.05, 3.63) is 22.9 Å². The molecule has 0 fully saturated rings. The highest BCUT2D eigenvalue weighted by atomic mass is 16.5. The number of hydrogen-bond acceptors (Lipinski definition) is 2. The smallest absolute Gasteiger partial charge is 0.118 e. The van der Waals surface area contributed by atoms with Crippen molar-refractivity contribution in [3.8, 4) is 0 Å². The Balaban J connectivity index is 3.05. The molecule has 56 valence electrons. The molecule has 0 aromatic carbocycles. The number of ether oxygens (including phenoxy) is 1.